The molecule has 2 fully saturated rings. The summed E-state index contributed by atoms with van der Waals surface area (Å²) < 4.78 is 5.41. The zero-order chi connectivity index (χ0) is 12.7. The summed E-state index contributed by atoms with van der Waals surface area (Å²) in [4.78, 5) is 0. The molecule has 0 bridgehead atoms. The molecule has 0 aromatic rings. The third-order valence-electron chi connectivity index (χ3n) is 4.04. The molecule has 1 N–H and O–H groups in total. The van der Waals surface area contributed by atoms with E-state index in [1.165, 1.54) is 38.8 Å². The van der Waals surface area contributed by atoms with Crippen LogP contribution in [0.3, 0.4) is 0 Å². The standard InChI is InChI=1S/C8H17N.C7H14O/c1-7(2)8-3-5-9-6-4-8;1-6(2)7-4-3-5-8-7/h7-9H,3-6H2,1-2H3;6-7H,3-5H2,1-2H3. The first-order valence-corrected chi connectivity index (χ1v) is 7.43. The van der Waals surface area contributed by atoms with Crippen molar-refractivity contribution in [3.8, 4) is 0 Å². The van der Waals surface area contributed by atoms with Crippen LogP contribution in [0.25, 0.3) is 0 Å². The topological polar surface area (TPSA) is 21.3 Å². The molecule has 2 aliphatic heterocycles. The summed E-state index contributed by atoms with van der Waals surface area (Å²) >= 11 is 0. The average Bonchev–Trinajstić information content (AvgIpc) is 2.84. The van der Waals surface area contributed by atoms with Crippen LogP contribution in [0.2, 0.25) is 0 Å². The molecule has 0 aliphatic carbocycles. The van der Waals surface area contributed by atoms with E-state index in [-0.39, 0.29) is 0 Å². The van der Waals surface area contributed by atoms with Crippen LogP contribution < -0.4 is 5.32 Å². The molecule has 2 rings (SSSR count). The third kappa shape index (κ3) is 5.87. The Morgan fingerprint density at radius 2 is 1.59 bits per heavy atom. The lowest BCUT2D eigenvalue weighted by Gasteiger charge is -2.25. The summed E-state index contributed by atoms with van der Waals surface area (Å²) in [6.45, 7) is 12.6. The van der Waals surface area contributed by atoms with Crippen molar-refractivity contribution in [3.63, 3.8) is 0 Å². The van der Waals surface area contributed by atoms with E-state index in [4.69, 9.17) is 4.74 Å². The number of piperidine rings is 1. The molecule has 102 valence electrons. The van der Waals surface area contributed by atoms with Crippen LogP contribution in [-0.2, 0) is 4.74 Å². The summed E-state index contributed by atoms with van der Waals surface area (Å²) in [6.07, 6.45) is 5.88. The third-order valence-corrected chi connectivity index (χ3v) is 4.04. The fourth-order valence-corrected chi connectivity index (χ4v) is 2.64. The number of ether oxygens (including phenoxy) is 1. The Labute approximate surface area is 108 Å². The highest BCUT2D eigenvalue weighted by atomic mass is 16.5. The smallest absolute Gasteiger partial charge is 0.0598 e. The first kappa shape index (κ1) is 15.0. The van der Waals surface area contributed by atoms with Crippen molar-refractivity contribution in [2.24, 2.45) is 17.8 Å². The monoisotopic (exact) mass is 241 g/mol. The zero-order valence-electron chi connectivity index (χ0n) is 12.2. The summed E-state index contributed by atoms with van der Waals surface area (Å²) in [5, 5.41) is 3.37. The van der Waals surface area contributed by atoms with Crippen molar-refractivity contribution in [1.29, 1.82) is 0 Å². The second kappa shape index (κ2) is 8.10. The highest BCUT2D eigenvalue weighted by Crippen LogP contribution is 2.20. The molecule has 0 radical (unpaired) electrons. The minimum atomic E-state index is 0.565. The van der Waals surface area contributed by atoms with Gasteiger partial charge in [0.2, 0.25) is 0 Å². The summed E-state index contributed by atoms with van der Waals surface area (Å²) in [6, 6.07) is 0. The highest BCUT2D eigenvalue weighted by Gasteiger charge is 2.18. The Balaban J connectivity index is 0.000000171. The molecule has 0 saturated carbocycles. The molecular weight excluding hydrogens is 210 g/mol. The molecule has 1 atom stereocenters. The van der Waals surface area contributed by atoms with E-state index < -0.39 is 0 Å². The number of hydrogen-bond donors (Lipinski definition) is 1. The fraction of sp³-hybridized carbons (Fsp3) is 1.00. The Morgan fingerprint density at radius 3 is 1.88 bits per heavy atom. The fourth-order valence-electron chi connectivity index (χ4n) is 2.64. The van der Waals surface area contributed by atoms with Gasteiger partial charge in [-0.3, -0.25) is 0 Å². The van der Waals surface area contributed by atoms with Gasteiger partial charge in [0.15, 0.2) is 0 Å². The van der Waals surface area contributed by atoms with Gasteiger partial charge in [0, 0.05) is 6.61 Å². The summed E-state index contributed by atoms with van der Waals surface area (Å²) in [5.74, 6) is 2.61. The quantitative estimate of drug-likeness (QED) is 0.799. The van der Waals surface area contributed by atoms with Crippen LogP contribution in [0.15, 0.2) is 0 Å². The van der Waals surface area contributed by atoms with Gasteiger partial charge in [-0.1, -0.05) is 27.7 Å². The number of rotatable bonds is 2. The van der Waals surface area contributed by atoms with Gasteiger partial charge in [-0.15, -0.1) is 0 Å². The molecular formula is C15H31NO. The lowest BCUT2D eigenvalue weighted by molar-refractivity contribution is 0.0758. The van der Waals surface area contributed by atoms with E-state index in [1.807, 2.05) is 0 Å². The van der Waals surface area contributed by atoms with Gasteiger partial charge in [0.05, 0.1) is 6.10 Å². The number of hydrogen-bond acceptors (Lipinski definition) is 2. The van der Waals surface area contributed by atoms with E-state index in [2.05, 4.69) is 33.0 Å². The van der Waals surface area contributed by atoms with Gasteiger partial charge in [-0.2, -0.15) is 0 Å². The average molecular weight is 241 g/mol. The first-order valence-electron chi connectivity index (χ1n) is 7.43. The molecule has 2 heteroatoms. The zero-order valence-corrected chi connectivity index (χ0v) is 12.2. The molecule has 17 heavy (non-hydrogen) atoms. The molecule has 2 saturated heterocycles. The van der Waals surface area contributed by atoms with Crippen molar-refractivity contribution < 1.29 is 4.74 Å². The van der Waals surface area contributed by atoms with E-state index >= 15 is 0 Å². The molecule has 0 aromatic carbocycles. The van der Waals surface area contributed by atoms with Gasteiger partial charge in [-0.05, 0) is 56.5 Å². The van der Waals surface area contributed by atoms with Crippen LogP contribution in [0.5, 0.6) is 0 Å². The van der Waals surface area contributed by atoms with E-state index in [9.17, 15) is 0 Å². The second-order valence-electron chi connectivity index (χ2n) is 6.13. The van der Waals surface area contributed by atoms with Crippen LogP contribution in [0.1, 0.15) is 53.4 Å². The van der Waals surface area contributed by atoms with Crippen molar-refractivity contribution >= 4 is 0 Å². The lowest BCUT2D eigenvalue weighted by Crippen LogP contribution is -2.29. The minimum absolute atomic E-state index is 0.565. The maximum absolute atomic E-state index is 5.41. The van der Waals surface area contributed by atoms with Gasteiger partial charge >= 0.3 is 0 Å². The number of nitrogens with one attached hydrogen (secondary N) is 1. The lowest BCUT2D eigenvalue weighted by atomic mass is 9.87. The molecule has 0 aromatic heterocycles. The summed E-state index contributed by atoms with van der Waals surface area (Å²) in [7, 11) is 0. The maximum Gasteiger partial charge on any atom is 0.0598 e. The Kier molecular flexibility index (Phi) is 7.14. The van der Waals surface area contributed by atoms with Crippen molar-refractivity contribution in [2.45, 2.75) is 59.5 Å². The molecule has 1 unspecified atom stereocenters. The Hall–Kier alpha value is -0.0800. The Bertz CT molecular complexity index is 179. The summed E-state index contributed by atoms with van der Waals surface area (Å²) in [5.41, 5.74) is 0. The van der Waals surface area contributed by atoms with Gasteiger partial charge in [0.1, 0.15) is 0 Å². The SMILES string of the molecule is CC(C)C1CCCO1.CC(C)C1CCNCC1. The predicted molar refractivity (Wildman–Crippen MR) is 74.2 cm³/mol. The van der Waals surface area contributed by atoms with Crippen LogP contribution in [0.4, 0.5) is 0 Å². The van der Waals surface area contributed by atoms with Crippen molar-refractivity contribution in [1.82, 2.24) is 5.32 Å². The minimum Gasteiger partial charge on any atom is -0.378 e. The first-order chi connectivity index (χ1) is 8.11. The van der Waals surface area contributed by atoms with Crippen LogP contribution in [0, 0.1) is 17.8 Å². The second-order valence-corrected chi connectivity index (χ2v) is 6.13. The van der Waals surface area contributed by atoms with Crippen LogP contribution >= 0.6 is 0 Å². The largest absolute Gasteiger partial charge is 0.378 e. The van der Waals surface area contributed by atoms with Crippen molar-refractivity contribution in [2.75, 3.05) is 19.7 Å². The molecule has 2 nitrogen and oxygen atoms in total. The molecule has 2 aliphatic rings. The molecule has 0 spiro atoms. The van der Waals surface area contributed by atoms with Crippen LogP contribution in [-0.4, -0.2) is 25.8 Å². The van der Waals surface area contributed by atoms with E-state index in [0.717, 1.165) is 24.4 Å². The Morgan fingerprint density at radius 1 is 0.941 bits per heavy atom. The van der Waals surface area contributed by atoms with E-state index in [1.54, 1.807) is 0 Å². The maximum atomic E-state index is 5.41. The normalized spacial score (nSPS) is 26.1. The predicted octanol–water partition coefficient (Wildman–Crippen LogP) is 3.46. The van der Waals surface area contributed by atoms with E-state index in [0.29, 0.717) is 6.10 Å². The molecule has 2 heterocycles. The van der Waals surface area contributed by atoms with Gasteiger partial charge in [0.25, 0.3) is 0 Å². The van der Waals surface area contributed by atoms with Gasteiger partial charge in [-0.25, -0.2) is 0 Å². The molecule has 0 amide bonds. The van der Waals surface area contributed by atoms with Gasteiger partial charge < -0.3 is 10.1 Å². The highest BCUT2D eigenvalue weighted by molar-refractivity contribution is 4.70. The van der Waals surface area contributed by atoms with Crippen molar-refractivity contribution in [3.05, 3.63) is 0 Å².